The van der Waals surface area contributed by atoms with Crippen LogP contribution in [-0.4, -0.2) is 24.5 Å². The lowest BCUT2D eigenvalue weighted by molar-refractivity contribution is 0.106. The maximum absolute atomic E-state index is 13.7. The Labute approximate surface area is 110 Å². The topological polar surface area (TPSA) is 29.3 Å². The summed E-state index contributed by atoms with van der Waals surface area (Å²) in [5.74, 6) is -0.178. The lowest BCUT2D eigenvalue weighted by Crippen LogP contribution is -2.51. The Bertz CT molecular complexity index is 397. The van der Waals surface area contributed by atoms with Gasteiger partial charge < -0.3 is 10.6 Å². The van der Waals surface area contributed by atoms with E-state index in [1.807, 2.05) is 20.2 Å². The predicted molar refractivity (Wildman–Crippen MR) is 75.1 cm³/mol. The molecule has 0 radical (unpaired) electrons. The molecule has 0 fully saturated rings. The number of nitrogens with two attached hydrogens (primary N) is 1. The summed E-state index contributed by atoms with van der Waals surface area (Å²) in [6.45, 7) is 6.03. The Morgan fingerprint density at radius 3 is 2.22 bits per heavy atom. The van der Waals surface area contributed by atoms with E-state index in [4.69, 9.17) is 5.73 Å². The standard InChI is InChI=1S/C15H25FN2/c1-6-15(7-2,18(4)5)14(17)12-9-8-11(3)13(16)10-12/h8-10,14H,6-7,17H2,1-5H3. The zero-order chi connectivity index (χ0) is 13.9. The Balaban J connectivity index is 3.17. The molecule has 0 saturated carbocycles. The van der Waals surface area contributed by atoms with Crippen molar-refractivity contribution in [2.45, 2.75) is 45.2 Å². The summed E-state index contributed by atoms with van der Waals surface area (Å²) >= 11 is 0. The fourth-order valence-corrected chi connectivity index (χ4v) is 2.71. The van der Waals surface area contributed by atoms with Gasteiger partial charge in [0.2, 0.25) is 0 Å². The molecule has 18 heavy (non-hydrogen) atoms. The smallest absolute Gasteiger partial charge is 0.126 e. The van der Waals surface area contributed by atoms with Crippen LogP contribution in [0.2, 0.25) is 0 Å². The summed E-state index contributed by atoms with van der Waals surface area (Å²) in [6.07, 6.45) is 1.88. The van der Waals surface area contributed by atoms with E-state index in [1.54, 1.807) is 19.1 Å². The molecule has 0 aliphatic rings. The van der Waals surface area contributed by atoms with Gasteiger partial charge in [-0.3, -0.25) is 0 Å². The first-order valence-electron chi connectivity index (χ1n) is 6.58. The van der Waals surface area contributed by atoms with E-state index in [9.17, 15) is 4.39 Å². The zero-order valence-electron chi connectivity index (χ0n) is 12.1. The summed E-state index contributed by atoms with van der Waals surface area (Å²) in [7, 11) is 4.08. The maximum atomic E-state index is 13.7. The summed E-state index contributed by atoms with van der Waals surface area (Å²) in [5, 5.41) is 0. The molecule has 0 aliphatic carbocycles. The number of nitrogens with zero attached hydrogens (tertiary/aromatic N) is 1. The van der Waals surface area contributed by atoms with Crippen LogP contribution in [0.25, 0.3) is 0 Å². The molecule has 2 nitrogen and oxygen atoms in total. The monoisotopic (exact) mass is 252 g/mol. The van der Waals surface area contributed by atoms with Crippen LogP contribution in [0.15, 0.2) is 18.2 Å². The van der Waals surface area contributed by atoms with Gasteiger partial charge in [-0.2, -0.15) is 0 Å². The molecule has 1 atom stereocenters. The molecule has 0 aromatic heterocycles. The van der Waals surface area contributed by atoms with Crippen LogP contribution < -0.4 is 5.73 Å². The second-order valence-electron chi connectivity index (χ2n) is 5.19. The average Bonchev–Trinajstić information content (AvgIpc) is 2.34. The fourth-order valence-electron chi connectivity index (χ4n) is 2.71. The number of halogens is 1. The van der Waals surface area contributed by atoms with Crippen molar-refractivity contribution in [2.24, 2.45) is 5.73 Å². The van der Waals surface area contributed by atoms with Crippen LogP contribution in [0.5, 0.6) is 0 Å². The Kier molecular flexibility index (Phi) is 4.88. The zero-order valence-corrected chi connectivity index (χ0v) is 12.1. The first-order chi connectivity index (χ1) is 8.39. The highest BCUT2D eigenvalue weighted by Crippen LogP contribution is 2.34. The van der Waals surface area contributed by atoms with E-state index in [0.29, 0.717) is 5.56 Å². The molecule has 0 saturated heterocycles. The molecule has 2 N–H and O–H groups in total. The molecule has 102 valence electrons. The predicted octanol–water partition coefficient (Wildman–Crippen LogP) is 3.25. The van der Waals surface area contributed by atoms with Crippen molar-refractivity contribution in [3.63, 3.8) is 0 Å². The van der Waals surface area contributed by atoms with Crippen molar-refractivity contribution >= 4 is 0 Å². The van der Waals surface area contributed by atoms with E-state index in [2.05, 4.69) is 18.7 Å². The third-order valence-corrected chi connectivity index (χ3v) is 4.25. The number of aryl methyl sites for hydroxylation is 1. The van der Waals surface area contributed by atoms with Crippen LogP contribution in [0, 0.1) is 12.7 Å². The normalized spacial score (nSPS) is 14.0. The molecule has 0 spiro atoms. The van der Waals surface area contributed by atoms with Gasteiger partial charge in [-0.15, -0.1) is 0 Å². The van der Waals surface area contributed by atoms with Gasteiger partial charge in [0.25, 0.3) is 0 Å². The van der Waals surface area contributed by atoms with Crippen LogP contribution >= 0.6 is 0 Å². The van der Waals surface area contributed by atoms with Gasteiger partial charge >= 0.3 is 0 Å². The van der Waals surface area contributed by atoms with E-state index < -0.39 is 0 Å². The number of rotatable bonds is 5. The summed E-state index contributed by atoms with van der Waals surface area (Å²) in [6, 6.07) is 5.13. The number of likely N-dealkylation sites (N-methyl/N-ethyl adjacent to an activating group) is 1. The van der Waals surface area contributed by atoms with Crippen LogP contribution in [0.4, 0.5) is 4.39 Å². The summed E-state index contributed by atoms with van der Waals surface area (Å²) in [5.41, 5.74) is 7.82. The van der Waals surface area contributed by atoms with Gasteiger partial charge in [0.1, 0.15) is 5.82 Å². The highest BCUT2D eigenvalue weighted by atomic mass is 19.1. The van der Waals surface area contributed by atoms with Crippen molar-refractivity contribution < 1.29 is 4.39 Å². The molecule has 0 heterocycles. The Morgan fingerprint density at radius 1 is 1.28 bits per heavy atom. The molecule has 1 rings (SSSR count). The highest BCUT2D eigenvalue weighted by molar-refractivity contribution is 5.28. The highest BCUT2D eigenvalue weighted by Gasteiger charge is 2.36. The van der Waals surface area contributed by atoms with Gasteiger partial charge in [-0.25, -0.2) is 4.39 Å². The van der Waals surface area contributed by atoms with Crippen molar-refractivity contribution in [2.75, 3.05) is 14.1 Å². The largest absolute Gasteiger partial charge is 0.322 e. The van der Waals surface area contributed by atoms with Crippen LogP contribution in [0.3, 0.4) is 0 Å². The van der Waals surface area contributed by atoms with Gasteiger partial charge in [0, 0.05) is 11.6 Å². The Morgan fingerprint density at radius 2 is 1.83 bits per heavy atom. The lowest BCUT2D eigenvalue weighted by atomic mass is 9.80. The van der Waals surface area contributed by atoms with Crippen molar-refractivity contribution in [1.82, 2.24) is 4.90 Å². The van der Waals surface area contributed by atoms with Gasteiger partial charge in [0.15, 0.2) is 0 Å². The second-order valence-corrected chi connectivity index (χ2v) is 5.19. The SMILES string of the molecule is CCC(CC)(C(N)c1ccc(C)c(F)c1)N(C)C. The van der Waals surface area contributed by atoms with Crippen molar-refractivity contribution in [1.29, 1.82) is 0 Å². The number of benzene rings is 1. The van der Waals surface area contributed by atoms with E-state index in [1.165, 1.54) is 0 Å². The summed E-state index contributed by atoms with van der Waals surface area (Å²) < 4.78 is 13.7. The molecule has 0 amide bonds. The molecule has 3 heteroatoms. The first kappa shape index (κ1) is 15.1. The van der Waals surface area contributed by atoms with Gasteiger partial charge in [0.05, 0.1) is 0 Å². The van der Waals surface area contributed by atoms with Crippen LogP contribution in [-0.2, 0) is 0 Å². The quantitative estimate of drug-likeness (QED) is 0.871. The molecular formula is C15H25FN2. The minimum Gasteiger partial charge on any atom is -0.322 e. The van der Waals surface area contributed by atoms with E-state index in [0.717, 1.165) is 18.4 Å². The minimum absolute atomic E-state index is 0.123. The molecular weight excluding hydrogens is 227 g/mol. The van der Waals surface area contributed by atoms with Crippen LogP contribution in [0.1, 0.15) is 43.9 Å². The second kappa shape index (κ2) is 5.81. The summed E-state index contributed by atoms with van der Waals surface area (Å²) in [4.78, 5) is 2.16. The fraction of sp³-hybridized carbons (Fsp3) is 0.600. The third kappa shape index (κ3) is 2.57. The number of hydrogen-bond acceptors (Lipinski definition) is 2. The molecule has 0 bridgehead atoms. The molecule has 1 aromatic carbocycles. The van der Waals surface area contributed by atoms with E-state index >= 15 is 0 Å². The maximum Gasteiger partial charge on any atom is 0.126 e. The van der Waals surface area contributed by atoms with E-state index in [-0.39, 0.29) is 17.4 Å². The third-order valence-electron chi connectivity index (χ3n) is 4.25. The molecule has 0 aliphatic heterocycles. The number of hydrogen-bond donors (Lipinski definition) is 1. The van der Waals surface area contributed by atoms with Crippen molar-refractivity contribution in [3.8, 4) is 0 Å². The minimum atomic E-state index is -0.183. The lowest BCUT2D eigenvalue weighted by Gasteiger charge is -2.43. The van der Waals surface area contributed by atoms with Gasteiger partial charge in [-0.1, -0.05) is 26.0 Å². The molecule has 1 unspecified atom stereocenters. The van der Waals surface area contributed by atoms with Crippen molar-refractivity contribution in [3.05, 3.63) is 35.1 Å². The first-order valence-corrected chi connectivity index (χ1v) is 6.58. The van der Waals surface area contributed by atoms with Gasteiger partial charge in [-0.05, 0) is 51.1 Å². The average molecular weight is 252 g/mol. The Hall–Kier alpha value is -0.930. The molecule has 1 aromatic rings.